The molecule has 0 spiro atoms. The van der Waals surface area contributed by atoms with Crippen LogP contribution in [0.15, 0.2) is 24.3 Å². The zero-order chi connectivity index (χ0) is 13.8. The molecule has 4 nitrogen and oxygen atoms in total. The normalized spacial score (nSPS) is 20.7. The minimum absolute atomic E-state index is 0. The van der Waals surface area contributed by atoms with E-state index in [2.05, 4.69) is 27.7 Å². The minimum atomic E-state index is -0.0285. The molecule has 2 saturated heterocycles. The highest BCUT2D eigenvalue weighted by Crippen LogP contribution is 2.23. The maximum Gasteiger partial charge on any atom is 0.241 e. The smallest absolute Gasteiger partial charge is 0.241 e. The summed E-state index contributed by atoms with van der Waals surface area (Å²) < 4.78 is 0. The van der Waals surface area contributed by atoms with Gasteiger partial charge in [-0.25, -0.2) is 0 Å². The quantitative estimate of drug-likeness (QED) is 0.883. The molecule has 0 radical (unpaired) electrons. The van der Waals surface area contributed by atoms with Crippen LogP contribution < -0.4 is 15.5 Å². The van der Waals surface area contributed by atoms with Crippen molar-refractivity contribution in [3.05, 3.63) is 24.3 Å². The van der Waals surface area contributed by atoms with E-state index in [-0.39, 0.29) is 36.8 Å². The molecule has 124 valence electrons. The predicted octanol–water partition coefficient (Wildman–Crippen LogP) is 3.21. The Hall–Kier alpha value is -0.970. The van der Waals surface area contributed by atoms with E-state index in [0.29, 0.717) is 0 Å². The zero-order valence-corrected chi connectivity index (χ0v) is 14.3. The first-order chi connectivity index (χ1) is 9.83. The first-order valence-corrected chi connectivity index (χ1v) is 7.72. The molecule has 0 aromatic heterocycles. The van der Waals surface area contributed by atoms with Crippen LogP contribution in [-0.4, -0.2) is 31.6 Å². The molecular formula is C16H25Cl2N3O. The number of halogens is 2. The Labute approximate surface area is 144 Å². The lowest BCUT2D eigenvalue weighted by atomic mass is 10.0. The second-order valence-corrected chi connectivity index (χ2v) is 5.74. The molecule has 0 aliphatic carbocycles. The Kier molecular flexibility index (Phi) is 8.01. The van der Waals surface area contributed by atoms with Gasteiger partial charge in [0.2, 0.25) is 5.91 Å². The van der Waals surface area contributed by atoms with Crippen molar-refractivity contribution in [3.8, 4) is 0 Å². The zero-order valence-electron chi connectivity index (χ0n) is 12.7. The Balaban J connectivity index is 0.00000121. The van der Waals surface area contributed by atoms with E-state index in [1.807, 2.05) is 12.1 Å². The van der Waals surface area contributed by atoms with Gasteiger partial charge in [-0.1, -0.05) is 12.5 Å². The van der Waals surface area contributed by atoms with Crippen LogP contribution in [0.1, 0.15) is 32.1 Å². The number of piperidine rings is 1. The molecule has 22 heavy (non-hydrogen) atoms. The number of nitrogens with one attached hydrogen (secondary N) is 2. The molecule has 6 heteroatoms. The van der Waals surface area contributed by atoms with Crippen LogP contribution in [0.3, 0.4) is 0 Å². The van der Waals surface area contributed by atoms with Gasteiger partial charge in [-0.15, -0.1) is 24.8 Å². The van der Waals surface area contributed by atoms with E-state index in [1.165, 1.54) is 24.9 Å². The van der Waals surface area contributed by atoms with E-state index in [0.717, 1.165) is 38.2 Å². The minimum Gasteiger partial charge on any atom is -0.371 e. The highest BCUT2D eigenvalue weighted by atomic mass is 35.5. The average Bonchev–Trinajstić information content (AvgIpc) is 3.03. The third-order valence-electron chi connectivity index (χ3n) is 4.21. The topological polar surface area (TPSA) is 44.4 Å². The van der Waals surface area contributed by atoms with Crippen molar-refractivity contribution in [2.45, 2.75) is 38.1 Å². The van der Waals surface area contributed by atoms with Gasteiger partial charge in [0.05, 0.1) is 6.04 Å². The molecule has 2 N–H and O–H groups in total. The molecule has 2 aliphatic heterocycles. The molecule has 2 heterocycles. The first kappa shape index (κ1) is 19.1. The van der Waals surface area contributed by atoms with Crippen molar-refractivity contribution < 1.29 is 4.79 Å². The molecule has 0 unspecified atom stereocenters. The highest BCUT2D eigenvalue weighted by Gasteiger charge is 2.20. The van der Waals surface area contributed by atoms with Crippen molar-refractivity contribution in [3.63, 3.8) is 0 Å². The third-order valence-corrected chi connectivity index (χ3v) is 4.21. The van der Waals surface area contributed by atoms with E-state index in [9.17, 15) is 4.79 Å². The predicted molar refractivity (Wildman–Crippen MR) is 96.7 cm³/mol. The molecule has 0 saturated carbocycles. The van der Waals surface area contributed by atoms with Crippen LogP contribution in [-0.2, 0) is 4.79 Å². The summed E-state index contributed by atoms with van der Waals surface area (Å²) in [7, 11) is 0. The number of anilines is 2. The summed E-state index contributed by atoms with van der Waals surface area (Å²) >= 11 is 0. The molecule has 1 amide bonds. The van der Waals surface area contributed by atoms with Crippen molar-refractivity contribution in [2.24, 2.45) is 0 Å². The number of carbonyl (C=O) groups excluding carboxylic acids is 1. The highest BCUT2D eigenvalue weighted by molar-refractivity contribution is 5.95. The number of hydrogen-bond acceptors (Lipinski definition) is 3. The molecule has 1 aromatic rings. The lowest BCUT2D eigenvalue weighted by Crippen LogP contribution is -2.43. The van der Waals surface area contributed by atoms with Crippen molar-refractivity contribution >= 4 is 42.1 Å². The summed E-state index contributed by atoms with van der Waals surface area (Å²) in [5.74, 6) is 0.100. The number of carbonyl (C=O) groups is 1. The van der Waals surface area contributed by atoms with E-state index in [1.54, 1.807) is 0 Å². The summed E-state index contributed by atoms with van der Waals surface area (Å²) in [6.07, 6.45) is 5.79. The summed E-state index contributed by atoms with van der Waals surface area (Å²) in [6.45, 7) is 3.20. The summed E-state index contributed by atoms with van der Waals surface area (Å²) in [5, 5.41) is 6.33. The second-order valence-electron chi connectivity index (χ2n) is 5.74. The van der Waals surface area contributed by atoms with Gasteiger partial charge in [0, 0.05) is 24.5 Å². The van der Waals surface area contributed by atoms with Crippen molar-refractivity contribution in [1.82, 2.24) is 5.32 Å². The van der Waals surface area contributed by atoms with Gasteiger partial charge in [0.1, 0.15) is 0 Å². The summed E-state index contributed by atoms with van der Waals surface area (Å²) in [4.78, 5) is 14.6. The maximum atomic E-state index is 12.2. The maximum absolute atomic E-state index is 12.2. The van der Waals surface area contributed by atoms with Crippen LogP contribution in [0.25, 0.3) is 0 Å². The molecule has 2 aliphatic rings. The number of nitrogens with zero attached hydrogens (tertiary/aromatic N) is 1. The molecule has 2 fully saturated rings. The standard InChI is InChI=1S/C16H23N3O.2ClH/c20-16(15-8-1-2-9-17-15)18-13-6-5-7-14(12-13)19-10-3-4-11-19;;/h5-7,12,15,17H,1-4,8-11H2,(H,18,20);2*1H/t15-;;/m0../s1. The van der Waals surface area contributed by atoms with E-state index in [4.69, 9.17) is 0 Å². The van der Waals surface area contributed by atoms with Gasteiger partial charge < -0.3 is 15.5 Å². The largest absolute Gasteiger partial charge is 0.371 e. The fraction of sp³-hybridized carbons (Fsp3) is 0.562. The van der Waals surface area contributed by atoms with E-state index >= 15 is 0 Å². The van der Waals surface area contributed by atoms with Gasteiger partial charge in [0.15, 0.2) is 0 Å². The number of rotatable bonds is 3. The van der Waals surface area contributed by atoms with Crippen LogP contribution in [0.2, 0.25) is 0 Å². The Morgan fingerprint density at radius 3 is 2.59 bits per heavy atom. The fourth-order valence-corrected chi connectivity index (χ4v) is 3.06. The van der Waals surface area contributed by atoms with Crippen LogP contribution in [0.5, 0.6) is 0 Å². The summed E-state index contributed by atoms with van der Waals surface area (Å²) in [5.41, 5.74) is 2.13. The van der Waals surface area contributed by atoms with Gasteiger partial charge >= 0.3 is 0 Å². The molecular weight excluding hydrogens is 321 g/mol. The first-order valence-electron chi connectivity index (χ1n) is 7.72. The third kappa shape index (κ3) is 4.77. The van der Waals surface area contributed by atoms with Gasteiger partial charge in [-0.3, -0.25) is 4.79 Å². The van der Waals surface area contributed by atoms with Gasteiger partial charge in [-0.05, 0) is 50.4 Å². The van der Waals surface area contributed by atoms with Crippen LogP contribution in [0.4, 0.5) is 11.4 Å². The van der Waals surface area contributed by atoms with Crippen LogP contribution in [0, 0.1) is 0 Å². The Morgan fingerprint density at radius 2 is 1.91 bits per heavy atom. The average molecular weight is 346 g/mol. The monoisotopic (exact) mass is 345 g/mol. The van der Waals surface area contributed by atoms with Crippen molar-refractivity contribution in [2.75, 3.05) is 29.9 Å². The molecule has 3 rings (SSSR count). The Bertz CT molecular complexity index is 472. The van der Waals surface area contributed by atoms with Gasteiger partial charge in [-0.2, -0.15) is 0 Å². The lowest BCUT2D eigenvalue weighted by Gasteiger charge is -2.23. The fourth-order valence-electron chi connectivity index (χ4n) is 3.06. The number of amides is 1. The molecule has 0 bridgehead atoms. The van der Waals surface area contributed by atoms with Crippen LogP contribution >= 0.6 is 24.8 Å². The lowest BCUT2D eigenvalue weighted by molar-refractivity contribution is -0.118. The van der Waals surface area contributed by atoms with Crippen molar-refractivity contribution in [1.29, 1.82) is 0 Å². The van der Waals surface area contributed by atoms with E-state index < -0.39 is 0 Å². The van der Waals surface area contributed by atoms with Gasteiger partial charge in [0.25, 0.3) is 0 Å². The SMILES string of the molecule is Cl.Cl.O=C(Nc1cccc(N2CCCC2)c1)[C@@H]1CCCCN1. The number of benzene rings is 1. The summed E-state index contributed by atoms with van der Waals surface area (Å²) in [6, 6.07) is 8.18. The number of hydrogen-bond donors (Lipinski definition) is 2. The molecule has 1 aromatic carbocycles. The molecule has 1 atom stereocenters. The second kappa shape index (κ2) is 9.23. The Morgan fingerprint density at radius 1 is 1.14 bits per heavy atom.